The summed E-state index contributed by atoms with van der Waals surface area (Å²) < 4.78 is 44.1. The normalized spacial score (nSPS) is 13.4. The minimum atomic E-state index is -4.62. The number of hydrogen-bond acceptors (Lipinski definition) is 3. The van der Waals surface area contributed by atoms with E-state index >= 15 is 0 Å². The summed E-state index contributed by atoms with van der Waals surface area (Å²) in [6, 6.07) is 7.08. The molecular formula is C12H16F3NO2. The number of alkyl halides is 3. The van der Waals surface area contributed by atoms with Crippen LogP contribution >= 0.6 is 0 Å². The van der Waals surface area contributed by atoms with Crippen LogP contribution < -0.4 is 10.5 Å². The van der Waals surface area contributed by atoms with Crippen molar-refractivity contribution in [1.29, 1.82) is 0 Å². The average molecular weight is 263 g/mol. The molecule has 1 rings (SSSR count). The van der Waals surface area contributed by atoms with E-state index in [9.17, 15) is 13.2 Å². The van der Waals surface area contributed by atoms with Crippen molar-refractivity contribution >= 4 is 0 Å². The Bertz CT molecular complexity index is 367. The number of nitrogens with two attached hydrogens (primary N) is 1. The summed E-state index contributed by atoms with van der Waals surface area (Å²) in [5.41, 5.74) is 6.55. The lowest BCUT2D eigenvalue weighted by Crippen LogP contribution is -2.20. The van der Waals surface area contributed by atoms with Gasteiger partial charge in [-0.2, -0.15) is 0 Å². The lowest BCUT2D eigenvalue weighted by molar-refractivity contribution is -0.325. The molecular weight excluding hydrogens is 247 g/mol. The monoisotopic (exact) mass is 263 g/mol. The van der Waals surface area contributed by atoms with Crippen LogP contribution in [0.3, 0.4) is 0 Å². The van der Waals surface area contributed by atoms with E-state index in [0.717, 1.165) is 5.56 Å². The standard InChI is InChI=1S/C12H16F3NO2/c1-9(16)8-10-4-2-3-5-11(10)17-6-7-18-12(13,14)15/h2-5,9H,6-8,16H2,1H3. The summed E-state index contributed by atoms with van der Waals surface area (Å²) in [4.78, 5) is 0. The number of halogens is 3. The van der Waals surface area contributed by atoms with E-state index in [1.165, 1.54) is 0 Å². The Kier molecular flexibility index (Phi) is 5.43. The highest BCUT2D eigenvalue weighted by molar-refractivity contribution is 5.33. The maximum Gasteiger partial charge on any atom is 0.522 e. The van der Waals surface area contributed by atoms with Gasteiger partial charge in [-0.3, -0.25) is 4.74 Å². The lowest BCUT2D eigenvalue weighted by Gasteiger charge is -2.13. The summed E-state index contributed by atoms with van der Waals surface area (Å²) >= 11 is 0. The van der Waals surface area contributed by atoms with Crippen LogP contribution in [0, 0.1) is 0 Å². The number of ether oxygens (including phenoxy) is 2. The average Bonchev–Trinajstić information content (AvgIpc) is 2.24. The zero-order valence-electron chi connectivity index (χ0n) is 10.0. The van der Waals surface area contributed by atoms with Gasteiger partial charge in [-0.15, -0.1) is 13.2 Å². The summed E-state index contributed by atoms with van der Waals surface area (Å²) in [5, 5.41) is 0. The highest BCUT2D eigenvalue weighted by Gasteiger charge is 2.28. The van der Waals surface area contributed by atoms with Crippen molar-refractivity contribution in [3.8, 4) is 5.75 Å². The van der Waals surface area contributed by atoms with Crippen molar-refractivity contribution in [2.75, 3.05) is 13.2 Å². The van der Waals surface area contributed by atoms with Crippen LogP contribution in [0.5, 0.6) is 5.75 Å². The molecule has 1 unspecified atom stereocenters. The Morgan fingerprint density at radius 2 is 1.89 bits per heavy atom. The quantitative estimate of drug-likeness (QED) is 0.802. The molecule has 2 N–H and O–H groups in total. The first-order valence-corrected chi connectivity index (χ1v) is 5.55. The van der Waals surface area contributed by atoms with E-state index in [1.807, 2.05) is 19.1 Å². The summed E-state index contributed by atoms with van der Waals surface area (Å²) in [6.45, 7) is 1.16. The predicted molar refractivity (Wildman–Crippen MR) is 61.3 cm³/mol. The fraction of sp³-hybridized carbons (Fsp3) is 0.500. The van der Waals surface area contributed by atoms with Crippen molar-refractivity contribution in [2.45, 2.75) is 25.7 Å². The number of para-hydroxylation sites is 1. The van der Waals surface area contributed by atoms with Gasteiger partial charge in [0, 0.05) is 6.04 Å². The Morgan fingerprint density at radius 3 is 2.50 bits per heavy atom. The first-order chi connectivity index (χ1) is 8.38. The van der Waals surface area contributed by atoms with Gasteiger partial charge in [0.05, 0.1) is 6.61 Å². The van der Waals surface area contributed by atoms with Gasteiger partial charge in [0.1, 0.15) is 12.4 Å². The second kappa shape index (κ2) is 6.61. The third-order valence-electron chi connectivity index (χ3n) is 2.12. The highest BCUT2D eigenvalue weighted by atomic mass is 19.4. The SMILES string of the molecule is CC(N)Cc1ccccc1OCCOC(F)(F)F. The molecule has 0 amide bonds. The van der Waals surface area contributed by atoms with E-state index < -0.39 is 13.0 Å². The molecule has 1 atom stereocenters. The summed E-state index contributed by atoms with van der Waals surface area (Å²) in [5.74, 6) is 0.542. The molecule has 0 heterocycles. The smallest absolute Gasteiger partial charge is 0.491 e. The molecule has 1 aromatic rings. The topological polar surface area (TPSA) is 44.5 Å². The van der Waals surface area contributed by atoms with Crippen molar-refractivity contribution in [2.24, 2.45) is 5.73 Å². The van der Waals surface area contributed by atoms with E-state index in [2.05, 4.69) is 4.74 Å². The van der Waals surface area contributed by atoms with Crippen LogP contribution in [0.4, 0.5) is 13.2 Å². The molecule has 0 spiro atoms. The molecule has 0 radical (unpaired) electrons. The minimum Gasteiger partial charge on any atom is -0.491 e. The fourth-order valence-corrected chi connectivity index (χ4v) is 1.47. The fourth-order valence-electron chi connectivity index (χ4n) is 1.47. The molecule has 18 heavy (non-hydrogen) atoms. The third kappa shape index (κ3) is 5.88. The number of hydrogen-bond donors (Lipinski definition) is 1. The van der Waals surface area contributed by atoms with E-state index in [-0.39, 0.29) is 12.6 Å². The first-order valence-electron chi connectivity index (χ1n) is 5.55. The van der Waals surface area contributed by atoms with Gasteiger partial charge in [-0.1, -0.05) is 18.2 Å². The summed E-state index contributed by atoms with van der Waals surface area (Å²) in [7, 11) is 0. The lowest BCUT2D eigenvalue weighted by atomic mass is 10.1. The van der Waals surface area contributed by atoms with Gasteiger partial charge in [0.2, 0.25) is 0 Å². The first kappa shape index (κ1) is 14.8. The Hall–Kier alpha value is -1.27. The zero-order chi connectivity index (χ0) is 13.6. The van der Waals surface area contributed by atoms with Crippen LogP contribution in [0.1, 0.15) is 12.5 Å². The molecule has 6 heteroatoms. The molecule has 102 valence electrons. The number of benzene rings is 1. The van der Waals surface area contributed by atoms with Crippen molar-refractivity contribution in [3.63, 3.8) is 0 Å². The van der Waals surface area contributed by atoms with Gasteiger partial charge in [0.15, 0.2) is 0 Å². The largest absolute Gasteiger partial charge is 0.522 e. The molecule has 0 saturated carbocycles. The molecule has 0 bridgehead atoms. The molecule has 0 aliphatic carbocycles. The maximum absolute atomic E-state index is 11.7. The van der Waals surface area contributed by atoms with Crippen LogP contribution in [-0.4, -0.2) is 25.6 Å². The van der Waals surface area contributed by atoms with Gasteiger partial charge in [0.25, 0.3) is 0 Å². The molecule has 1 aromatic carbocycles. The molecule has 0 saturated heterocycles. The molecule has 0 fully saturated rings. The molecule has 0 aliphatic rings. The number of rotatable bonds is 6. The second-order valence-corrected chi connectivity index (χ2v) is 3.93. The van der Waals surface area contributed by atoms with Gasteiger partial charge in [-0.25, -0.2) is 0 Å². The molecule has 3 nitrogen and oxygen atoms in total. The van der Waals surface area contributed by atoms with Crippen molar-refractivity contribution in [1.82, 2.24) is 0 Å². The van der Waals surface area contributed by atoms with E-state index in [0.29, 0.717) is 12.2 Å². The van der Waals surface area contributed by atoms with Gasteiger partial charge >= 0.3 is 6.36 Å². The minimum absolute atomic E-state index is 0.0406. The van der Waals surface area contributed by atoms with E-state index in [1.54, 1.807) is 12.1 Å². The van der Waals surface area contributed by atoms with Gasteiger partial charge < -0.3 is 10.5 Å². The molecule has 0 aromatic heterocycles. The van der Waals surface area contributed by atoms with Crippen LogP contribution in [0.25, 0.3) is 0 Å². The van der Waals surface area contributed by atoms with Gasteiger partial charge in [-0.05, 0) is 25.0 Å². The van der Waals surface area contributed by atoms with E-state index in [4.69, 9.17) is 10.5 Å². The van der Waals surface area contributed by atoms with Crippen molar-refractivity contribution in [3.05, 3.63) is 29.8 Å². The Balaban J connectivity index is 2.46. The van der Waals surface area contributed by atoms with Crippen LogP contribution in [0.15, 0.2) is 24.3 Å². The molecule has 0 aliphatic heterocycles. The maximum atomic E-state index is 11.7. The highest BCUT2D eigenvalue weighted by Crippen LogP contribution is 2.20. The zero-order valence-corrected chi connectivity index (χ0v) is 10.0. The van der Waals surface area contributed by atoms with Crippen molar-refractivity contribution < 1.29 is 22.6 Å². The van der Waals surface area contributed by atoms with Crippen LogP contribution in [0.2, 0.25) is 0 Å². The summed E-state index contributed by atoms with van der Waals surface area (Å²) in [6.07, 6.45) is -4.01. The predicted octanol–water partition coefficient (Wildman–Crippen LogP) is 2.49. The second-order valence-electron chi connectivity index (χ2n) is 3.93. The third-order valence-corrected chi connectivity index (χ3v) is 2.12. The Morgan fingerprint density at radius 1 is 1.22 bits per heavy atom. The van der Waals surface area contributed by atoms with Crippen LogP contribution in [-0.2, 0) is 11.2 Å². The Labute approximate surface area is 104 Å².